The molecule has 1 N–H and O–H groups in total. The predicted octanol–water partition coefficient (Wildman–Crippen LogP) is 2.94. The molecule has 2 rings (SSSR count). The molecular weight excluding hydrogens is 231 g/mol. The number of aliphatic hydroxyl groups excluding tert-OH is 1. The second-order valence-corrected chi connectivity index (χ2v) is 4.58. The smallest absolute Gasteiger partial charge is 0.130 e. The van der Waals surface area contributed by atoms with E-state index in [1.807, 2.05) is 0 Å². The van der Waals surface area contributed by atoms with E-state index in [0.29, 0.717) is 10.9 Å². The van der Waals surface area contributed by atoms with Crippen molar-refractivity contribution in [3.8, 4) is 0 Å². The van der Waals surface area contributed by atoms with Crippen molar-refractivity contribution in [2.24, 2.45) is 5.92 Å². The molecule has 0 aliphatic heterocycles. The molecule has 88 valence electrons. The van der Waals surface area contributed by atoms with Gasteiger partial charge in [0, 0.05) is 17.7 Å². The van der Waals surface area contributed by atoms with Gasteiger partial charge in [-0.2, -0.15) is 0 Å². The van der Waals surface area contributed by atoms with E-state index in [-0.39, 0.29) is 11.7 Å². The average molecular weight is 245 g/mol. The van der Waals surface area contributed by atoms with Crippen molar-refractivity contribution in [1.82, 2.24) is 0 Å². The highest BCUT2D eigenvalue weighted by Gasteiger charge is 2.37. The first-order chi connectivity index (χ1) is 7.63. The van der Waals surface area contributed by atoms with Crippen LogP contribution in [0.15, 0.2) is 18.2 Å². The van der Waals surface area contributed by atoms with E-state index in [1.54, 1.807) is 13.2 Å². The Balaban J connectivity index is 2.21. The van der Waals surface area contributed by atoms with Gasteiger partial charge in [-0.05, 0) is 30.9 Å². The van der Waals surface area contributed by atoms with Crippen molar-refractivity contribution in [3.05, 3.63) is 34.6 Å². The highest BCUT2D eigenvalue weighted by atomic mass is 35.5. The van der Waals surface area contributed by atoms with Crippen molar-refractivity contribution in [2.75, 3.05) is 7.11 Å². The van der Waals surface area contributed by atoms with Crippen LogP contribution in [0.5, 0.6) is 0 Å². The second-order valence-electron chi connectivity index (χ2n) is 4.15. The molecule has 4 heteroatoms. The maximum atomic E-state index is 13.6. The molecule has 2 atom stereocenters. The van der Waals surface area contributed by atoms with Crippen molar-refractivity contribution < 1.29 is 14.2 Å². The predicted molar refractivity (Wildman–Crippen MR) is 59.9 cm³/mol. The number of rotatable bonds is 4. The first kappa shape index (κ1) is 11.8. The van der Waals surface area contributed by atoms with E-state index in [0.717, 1.165) is 12.8 Å². The summed E-state index contributed by atoms with van der Waals surface area (Å²) in [5.74, 6) is -0.141. The molecule has 0 amide bonds. The minimum absolute atomic E-state index is 0.253. The molecule has 0 aromatic heterocycles. The number of methoxy groups -OCH3 is 1. The Morgan fingerprint density at radius 2 is 2.19 bits per heavy atom. The molecule has 0 bridgehead atoms. The number of hydrogen-bond acceptors (Lipinski definition) is 2. The van der Waals surface area contributed by atoms with Crippen LogP contribution < -0.4 is 0 Å². The lowest BCUT2D eigenvalue weighted by molar-refractivity contribution is -0.0274. The van der Waals surface area contributed by atoms with E-state index in [9.17, 15) is 9.50 Å². The van der Waals surface area contributed by atoms with Gasteiger partial charge in [0.15, 0.2) is 0 Å². The Bertz CT molecular complexity index is 379. The SMILES string of the molecule is COC(C1CC1)C(O)c1ccc(Cl)cc1F. The van der Waals surface area contributed by atoms with E-state index in [4.69, 9.17) is 16.3 Å². The van der Waals surface area contributed by atoms with Gasteiger partial charge in [0.25, 0.3) is 0 Å². The minimum atomic E-state index is -0.922. The number of hydrogen-bond donors (Lipinski definition) is 1. The van der Waals surface area contributed by atoms with Crippen LogP contribution in [0.25, 0.3) is 0 Å². The summed E-state index contributed by atoms with van der Waals surface area (Å²) in [6.45, 7) is 0. The molecular formula is C12H14ClFO2. The fourth-order valence-electron chi connectivity index (χ4n) is 1.92. The quantitative estimate of drug-likeness (QED) is 0.883. The zero-order chi connectivity index (χ0) is 11.7. The molecule has 1 aliphatic carbocycles. The number of benzene rings is 1. The van der Waals surface area contributed by atoms with Gasteiger partial charge in [0.1, 0.15) is 11.9 Å². The average Bonchev–Trinajstić information content (AvgIpc) is 3.02. The standard InChI is InChI=1S/C12H14ClFO2/c1-16-12(7-2-3-7)11(15)9-5-4-8(13)6-10(9)14/h4-7,11-12,15H,2-3H2,1H3. The Morgan fingerprint density at radius 1 is 1.50 bits per heavy atom. The number of halogens is 2. The number of ether oxygens (including phenoxy) is 1. The van der Waals surface area contributed by atoms with Crippen molar-refractivity contribution in [3.63, 3.8) is 0 Å². The molecule has 1 fully saturated rings. The highest BCUT2D eigenvalue weighted by molar-refractivity contribution is 6.30. The molecule has 1 aromatic rings. The zero-order valence-electron chi connectivity index (χ0n) is 8.99. The van der Waals surface area contributed by atoms with Crippen LogP contribution in [0.4, 0.5) is 4.39 Å². The van der Waals surface area contributed by atoms with Crippen LogP contribution in [-0.2, 0) is 4.74 Å². The summed E-state index contributed by atoms with van der Waals surface area (Å²) in [6, 6.07) is 4.29. The first-order valence-electron chi connectivity index (χ1n) is 5.29. The first-order valence-corrected chi connectivity index (χ1v) is 5.67. The molecule has 2 nitrogen and oxygen atoms in total. The van der Waals surface area contributed by atoms with E-state index in [2.05, 4.69) is 0 Å². The summed E-state index contributed by atoms with van der Waals surface area (Å²) in [5, 5.41) is 10.4. The highest BCUT2D eigenvalue weighted by Crippen LogP contribution is 2.40. The number of aliphatic hydroxyl groups is 1. The van der Waals surface area contributed by atoms with Crippen LogP contribution in [0.3, 0.4) is 0 Å². The van der Waals surface area contributed by atoms with Crippen molar-refractivity contribution in [1.29, 1.82) is 0 Å². The summed E-state index contributed by atoms with van der Waals surface area (Å²) >= 11 is 5.66. The topological polar surface area (TPSA) is 29.5 Å². The lowest BCUT2D eigenvalue weighted by Crippen LogP contribution is -2.23. The second kappa shape index (κ2) is 4.70. The third-order valence-electron chi connectivity index (χ3n) is 2.95. The largest absolute Gasteiger partial charge is 0.386 e. The summed E-state index contributed by atoms with van der Waals surface area (Å²) < 4.78 is 18.8. The maximum Gasteiger partial charge on any atom is 0.130 e. The Hall–Kier alpha value is -0.640. The molecule has 1 aliphatic rings. The van der Waals surface area contributed by atoms with Crippen LogP contribution in [0.1, 0.15) is 24.5 Å². The van der Waals surface area contributed by atoms with Gasteiger partial charge in [0.05, 0.1) is 6.10 Å². The molecule has 0 radical (unpaired) electrons. The van der Waals surface area contributed by atoms with Crippen LogP contribution in [0, 0.1) is 11.7 Å². The van der Waals surface area contributed by atoms with E-state index in [1.165, 1.54) is 12.1 Å². The van der Waals surface area contributed by atoms with Gasteiger partial charge < -0.3 is 9.84 Å². The Morgan fingerprint density at radius 3 is 2.69 bits per heavy atom. The monoisotopic (exact) mass is 244 g/mol. The lowest BCUT2D eigenvalue weighted by Gasteiger charge is -2.22. The van der Waals surface area contributed by atoms with Gasteiger partial charge >= 0.3 is 0 Å². The minimum Gasteiger partial charge on any atom is -0.386 e. The Kier molecular flexibility index (Phi) is 3.47. The van der Waals surface area contributed by atoms with Crippen LogP contribution >= 0.6 is 11.6 Å². The van der Waals surface area contributed by atoms with Gasteiger partial charge in [0.2, 0.25) is 0 Å². The van der Waals surface area contributed by atoms with Gasteiger partial charge in [-0.3, -0.25) is 0 Å². The molecule has 16 heavy (non-hydrogen) atoms. The third kappa shape index (κ3) is 2.37. The fourth-order valence-corrected chi connectivity index (χ4v) is 2.08. The van der Waals surface area contributed by atoms with Crippen molar-refractivity contribution >= 4 is 11.6 Å². The summed E-state index contributed by atoms with van der Waals surface area (Å²) in [4.78, 5) is 0. The summed E-state index contributed by atoms with van der Waals surface area (Å²) in [5.41, 5.74) is 0.253. The molecule has 0 saturated heterocycles. The zero-order valence-corrected chi connectivity index (χ0v) is 9.75. The fraction of sp³-hybridized carbons (Fsp3) is 0.500. The normalized spacial score (nSPS) is 19.5. The van der Waals surface area contributed by atoms with Crippen LogP contribution in [0.2, 0.25) is 5.02 Å². The maximum absolute atomic E-state index is 13.6. The molecule has 1 aromatic carbocycles. The van der Waals surface area contributed by atoms with Gasteiger partial charge in [-0.1, -0.05) is 17.7 Å². The van der Waals surface area contributed by atoms with E-state index >= 15 is 0 Å². The molecule has 1 saturated carbocycles. The third-order valence-corrected chi connectivity index (χ3v) is 3.19. The summed E-state index contributed by atoms with van der Waals surface area (Å²) in [7, 11) is 1.54. The molecule has 0 spiro atoms. The van der Waals surface area contributed by atoms with E-state index < -0.39 is 11.9 Å². The lowest BCUT2D eigenvalue weighted by atomic mass is 10.0. The van der Waals surface area contributed by atoms with Crippen molar-refractivity contribution in [2.45, 2.75) is 25.0 Å². The van der Waals surface area contributed by atoms with Gasteiger partial charge in [-0.15, -0.1) is 0 Å². The molecule has 0 heterocycles. The van der Waals surface area contributed by atoms with Gasteiger partial charge in [-0.25, -0.2) is 4.39 Å². The molecule has 2 unspecified atom stereocenters. The summed E-state index contributed by atoms with van der Waals surface area (Å²) in [6.07, 6.45) is 0.820. The van der Waals surface area contributed by atoms with Crippen LogP contribution in [-0.4, -0.2) is 18.3 Å². The Labute approximate surface area is 99.0 Å².